The zero-order chi connectivity index (χ0) is 79.6. The van der Waals surface area contributed by atoms with Crippen molar-refractivity contribution in [3.63, 3.8) is 0 Å². The fraction of sp³-hybridized carbons (Fsp3) is 0.938. The minimum Gasteiger partial charge on any atom is -0.462 e. The fourth-order valence-corrected chi connectivity index (χ4v) is 15.5. The molecule has 25 nitrogen and oxygen atoms in total. The second-order valence-corrected chi connectivity index (χ2v) is 34.1. The minimum atomic E-state index is -5.61. The van der Waals surface area contributed by atoms with E-state index in [2.05, 4.69) is 45.3 Å². The third-order valence-electron chi connectivity index (χ3n) is 20.6. The van der Waals surface area contributed by atoms with Crippen LogP contribution in [-0.2, 0) is 70.6 Å². The first-order valence-corrected chi connectivity index (χ1v) is 46.6. The molecule has 0 aromatic heterocycles. The van der Waals surface area contributed by atoms with Crippen LogP contribution in [0.1, 0.15) is 381 Å². The molecule has 27 heteroatoms. The monoisotopic (exact) mass is 1590 g/mol. The second-order valence-electron chi connectivity index (χ2n) is 31.1. The van der Waals surface area contributed by atoms with Crippen molar-refractivity contribution in [1.29, 1.82) is 0 Å². The molecule has 636 valence electrons. The van der Waals surface area contributed by atoms with Gasteiger partial charge in [-0.05, 0) is 38.5 Å². The average molecular weight is 1590 g/mol. The van der Waals surface area contributed by atoms with Gasteiger partial charge in [-0.1, -0.05) is 311 Å². The van der Waals surface area contributed by atoms with Crippen molar-refractivity contribution < 1.29 is 111 Å². The summed E-state index contributed by atoms with van der Waals surface area (Å²) >= 11 is 0. The lowest BCUT2D eigenvalue weighted by Gasteiger charge is -2.47. The third-order valence-corrected chi connectivity index (χ3v) is 21.8. The topological polar surface area (TPSA) is 379 Å². The summed E-state index contributed by atoms with van der Waals surface area (Å²) in [6.45, 7) is 9.68. The van der Waals surface area contributed by atoms with Crippen molar-refractivity contribution in [3.05, 3.63) is 0 Å². The lowest BCUT2D eigenvalue weighted by Crippen LogP contribution is -2.68. The van der Waals surface area contributed by atoms with Crippen LogP contribution in [0.2, 0.25) is 0 Å². The highest BCUT2D eigenvalue weighted by molar-refractivity contribution is 7.51. The second kappa shape index (κ2) is 63.6. The number of ether oxygens (including phenoxy) is 6. The highest BCUT2D eigenvalue weighted by Crippen LogP contribution is 2.44. The van der Waals surface area contributed by atoms with E-state index >= 15 is 0 Å². The molecular formula is C81H154N2O23P2. The normalized spacial score (nSPS) is 22.1. The van der Waals surface area contributed by atoms with Gasteiger partial charge in [0.1, 0.15) is 42.6 Å². The molecule has 2 heterocycles. The predicted octanol–water partition coefficient (Wildman–Crippen LogP) is 16.1. The van der Waals surface area contributed by atoms with Crippen LogP contribution in [-0.4, -0.2) is 176 Å². The molecule has 2 aliphatic rings. The Hall–Kier alpha value is -2.71. The molecule has 2 saturated heterocycles. The van der Waals surface area contributed by atoms with Crippen molar-refractivity contribution in [3.8, 4) is 0 Å². The number of carbonyl (C=O) groups is 5. The quantitative estimate of drug-likeness (QED) is 0.0117. The molecule has 0 spiro atoms. The number of carbonyl (C=O) groups excluding carboxylic acids is 5. The standard InChI is InChI=1S/C81H154N2O23P2/c1-7-12-17-22-27-32-37-42-47-52-63(85)57-69(88)82-74-78(103-72(91)59-65(87)54-49-44-39-34-29-24-19-14-9-3)76(93)68(102-81(74)106-107(6,94)95)62-99-80-75(83-70(89)58-64(86)53-48-43-38-33-28-23-18-13-8-2)79(77(67(61-84)101-80)105-108(96,97)98)104-73(92)60-66(55-50-45-40-35-30-25-20-15-10-4)100-71(90)56-51-46-41-36-31-26-21-16-11-5/h63-68,74-81,84-87,93H,7-62H2,1-6H3,(H,82,88)(H,83,89)(H,94,95)(H2,96,97,98)/t63-,64-,65-,66-,67?,68?,74?,75?,76?,77?,78?,79?,80?,81?/m1/s1. The maximum Gasteiger partial charge on any atom is 0.470 e. The number of nitrogens with one attached hydrogen (secondary N) is 2. The van der Waals surface area contributed by atoms with E-state index in [0.29, 0.717) is 32.1 Å². The van der Waals surface area contributed by atoms with E-state index in [1.165, 1.54) is 57.8 Å². The van der Waals surface area contributed by atoms with Gasteiger partial charge in [0, 0.05) is 13.1 Å². The number of esters is 3. The van der Waals surface area contributed by atoms with Crippen LogP contribution < -0.4 is 10.6 Å². The zero-order valence-corrected chi connectivity index (χ0v) is 69.6. The number of hydrogen-bond donors (Lipinski definition) is 10. The molecule has 2 aliphatic heterocycles. The van der Waals surface area contributed by atoms with Crippen LogP contribution in [0.5, 0.6) is 0 Å². The van der Waals surface area contributed by atoms with Crippen molar-refractivity contribution in [1.82, 2.24) is 10.6 Å². The minimum absolute atomic E-state index is 0.0995. The van der Waals surface area contributed by atoms with Gasteiger partial charge in [-0.3, -0.25) is 37.6 Å². The van der Waals surface area contributed by atoms with Crippen molar-refractivity contribution >= 4 is 45.1 Å². The molecule has 2 fully saturated rings. The lowest BCUT2D eigenvalue weighted by molar-refractivity contribution is -0.296. The predicted molar refractivity (Wildman–Crippen MR) is 419 cm³/mol. The number of amides is 2. The number of hydrogen-bond acceptors (Lipinski definition) is 20. The first kappa shape index (κ1) is 101. The smallest absolute Gasteiger partial charge is 0.462 e. The van der Waals surface area contributed by atoms with Crippen LogP contribution in [0.3, 0.4) is 0 Å². The van der Waals surface area contributed by atoms with Gasteiger partial charge in [0.2, 0.25) is 11.8 Å². The summed E-state index contributed by atoms with van der Waals surface area (Å²) in [5, 5.41) is 62.3. The summed E-state index contributed by atoms with van der Waals surface area (Å²) in [6, 6.07) is -3.60. The van der Waals surface area contributed by atoms with E-state index in [4.69, 9.17) is 37.5 Å². The van der Waals surface area contributed by atoms with E-state index < -0.39 is 170 Å². The molecule has 2 amide bonds. The molecule has 0 aromatic carbocycles. The average Bonchev–Trinajstić information content (AvgIpc) is 0.781. The number of phosphoric acid groups is 1. The number of aliphatic hydroxyl groups excluding tert-OH is 5. The summed E-state index contributed by atoms with van der Waals surface area (Å²) < 4.78 is 74.0. The van der Waals surface area contributed by atoms with Gasteiger partial charge in [0.05, 0.1) is 57.2 Å². The Morgan fingerprint density at radius 3 is 1.11 bits per heavy atom. The molecule has 11 unspecified atom stereocenters. The van der Waals surface area contributed by atoms with Gasteiger partial charge in [-0.25, -0.2) is 4.57 Å². The maximum absolute atomic E-state index is 14.7. The first-order chi connectivity index (χ1) is 51.9. The molecule has 0 aromatic rings. The van der Waals surface area contributed by atoms with Crippen molar-refractivity contribution in [2.24, 2.45) is 0 Å². The Kier molecular flexibility index (Phi) is 59.7. The molecular weight excluding hydrogens is 1430 g/mol. The van der Waals surface area contributed by atoms with Gasteiger partial charge in [0.25, 0.3) is 0 Å². The molecule has 0 radical (unpaired) electrons. The lowest BCUT2D eigenvalue weighted by atomic mass is 9.95. The number of unbranched alkanes of at least 4 members (excludes halogenated alkanes) is 40. The third kappa shape index (κ3) is 51.2. The summed E-state index contributed by atoms with van der Waals surface area (Å²) in [5.74, 6) is -4.32. The van der Waals surface area contributed by atoms with Crippen LogP contribution in [0, 0.1) is 0 Å². The Morgan fingerprint density at radius 2 is 0.731 bits per heavy atom. The summed E-state index contributed by atoms with van der Waals surface area (Å²) in [7, 11) is -10.3. The Balaban J connectivity index is 2.68. The van der Waals surface area contributed by atoms with Crippen LogP contribution >= 0.6 is 15.4 Å². The maximum atomic E-state index is 14.7. The number of aliphatic hydroxyl groups is 5. The van der Waals surface area contributed by atoms with Gasteiger partial charge >= 0.3 is 33.3 Å². The molecule has 15 atom stereocenters. The van der Waals surface area contributed by atoms with Gasteiger partial charge < -0.3 is 79.3 Å². The Labute approximate surface area is 650 Å². The summed E-state index contributed by atoms with van der Waals surface area (Å²) in [4.78, 5) is 102. The van der Waals surface area contributed by atoms with Gasteiger partial charge in [-0.15, -0.1) is 0 Å². The van der Waals surface area contributed by atoms with Crippen molar-refractivity contribution in [2.75, 3.05) is 19.9 Å². The highest BCUT2D eigenvalue weighted by atomic mass is 31.2. The Morgan fingerprint density at radius 1 is 0.398 bits per heavy atom. The first-order valence-electron chi connectivity index (χ1n) is 43.0. The van der Waals surface area contributed by atoms with E-state index in [9.17, 15) is 73.3 Å². The van der Waals surface area contributed by atoms with E-state index in [1.807, 2.05) is 0 Å². The summed E-state index contributed by atoms with van der Waals surface area (Å²) in [6.07, 6.45) is 24.4. The highest BCUT2D eigenvalue weighted by Gasteiger charge is 2.55. The SMILES string of the molecule is CCCCCCCCCCCC(=O)O[C@H](CCCCCCCCCCC)CC(=O)OC1C(NC(=O)C[C@H](O)CCCCCCCCCCC)C(OCC2OC(OP(C)(=O)O)C(NC(=O)C[C@H](O)CCCCCCCCCCC)C(OC(=O)C[C@H](O)CCCCCCCCCCC)C2O)OC(CO)C1OP(=O)(O)O. The number of rotatable bonds is 71. The zero-order valence-electron chi connectivity index (χ0n) is 67.8. The van der Waals surface area contributed by atoms with Crippen LogP contribution in [0.25, 0.3) is 0 Å². The van der Waals surface area contributed by atoms with E-state index in [-0.39, 0.29) is 32.1 Å². The van der Waals surface area contributed by atoms with Gasteiger partial charge in [-0.2, -0.15) is 0 Å². The van der Waals surface area contributed by atoms with Gasteiger partial charge in [0.15, 0.2) is 24.8 Å². The largest absolute Gasteiger partial charge is 0.470 e. The molecule has 0 aliphatic carbocycles. The summed E-state index contributed by atoms with van der Waals surface area (Å²) in [5.41, 5.74) is 0. The van der Waals surface area contributed by atoms with E-state index in [1.54, 1.807) is 0 Å². The molecule has 10 N–H and O–H groups in total. The molecule has 108 heavy (non-hydrogen) atoms. The van der Waals surface area contributed by atoms with Crippen LogP contribution in [0.4, 0.5) is 0 Å². The van der Waals surface area contributed by atoms with Crippen LogP contribution in [0.15, 0.2) is 0 Å². The number of phosphoric ester groups is 1. The molecule has 0 saturated carbocycles. The van der Waals surface area contributed by atoms with Crippen molar-refractivity contribution in [2.45, 2.75) is 467 Å². The molecule has 2 rings (SSSR count). The fourth-order valence-electron chi connectivity index (χ4n) is 14.4. The molecule has 0 bridgehead atoms. The Bertz CT molecular complexity index is 2370. The van der Waals surface area contributed by atoms with E-state index in [0.717, 1.165) is 206 Å².